The Morgan fingerprint density at radius 1 is 1.35 bits per heavy atom. The van der Waals surface area contributed by atoms with Crippen molar-refractivity contribution in [2.75, 3.05) is 30.3 Å². The maximum atomic E-state index is 12.2. The Bertz CT molecular complexity index is 534. The Morgan fingerprint density at radius 3 is 2.59 bits per heavy atom. The molecule has 1 aliphatic rings. The molecular formula is C9H13N3O3S2. The highest BCUT2D eigenvalue weighted by atomic mass is 32.2. The summed E-state index contributed by atoms with van der Waals surface area (Å²) in [5.74, 6) is 0.950. The molecule has 0 saturated carbocycles. The van der Waals surface area contributed by atoms with Crippen molar-refractivity contribution >= 4 is 26.6 Å². The van der Waals surface area contributed by atoms with Gasteiger partial charge in [0.1, 0.15) is 5.82 Å². The predicted molar refractivity (Wildman–Crippen MR) is 65.3 cm³/mol. The maximum absolute atomic E-state index is 12.2. The van der Waals surface area contributed by atoms with E-state index < -0.39 is 20.8 Å². The molecule has 0 atom stereocenters. The van der Waals surface area contributed by atoms with Crippen molar-refractivity contribution in [2.24, 2.45) is 0 Å². The first kappa shape index (κ1) is 12.5. The molecule has 0 unspecified atom stereocenters. The lowest BCUT2D eigenvalue weighted by atomic mass is 10.5. The zero-order chi connectivity index (χ0) is 12.5. The molecule has 1 aromatic heterocycles. The van der Waals surface area contributed by atoms with E-state index in [9.17, 15) is 12.6 Å². The lowest BCUT2D eigenvalue weighted by Gasteiger charge is -2.25. The SMILES string of the molecule is Nc1cc(S(=O)(=O)N2CCS(=O)CC2)ccn1. The van der Waals surface area contributed by atoms with Gasteiger partial charge in [-0.25, -0.2) is 13.4 Å². The van der Waals surface area contributed by atoms with Crippen molar-refractivity contribution < 1.29 is 12.6 Å². The number of sulfonamides is 1. The smallest absolute Gasteiger partial charge is 0.243 e. The molecule has 0 radical (unpaired) electrons. The van der Waals surface area contributed by atoms with Gasteiger partial charge in [-0.2, -0.15) is 4.31 Å². The minimum Gasteiger partial charge on any atom is -0.384 e. The summed E-state index contributed by atoms with van der Waals surface area (Å²) in [7, 11) is -4.43. The zero-order valence-corrected chi connectivity index (χ0v) is 10.7. The van der Waals surface area contributed by atoms with Crippen molar-refractivity contribution in [1.29, 1.82) is 0 Å². The Balaban J connectivity index is 2.27. The highest BCUT2D eigenvalue weighted by Crippen LogP contribution is 2.18. The molecule has 1 fully saturated rings. The number of rotatable bonds is 2. The van der Waals surface area contributed by atoms with Crippen LogP contribution >= 0.6 is 0 Å². The molecule has 2 heterocycles. The van der Waals surface area contributed by atoms with Gasteiger partial charge in [0.25, 0.3) is 0 Å². The van der Waals surface area contributed by atoms with E-state index in [-0.39, 0.29) is 23.8 Å². The van der Waals surface area contributed by atoms with E-state index in [1.807, 2.05) is 0 Å². The van der Waals surface area contributed by atoms with Crippen LogP contribution in [0.5, 0.6) is 0 Å². The summed E-state index contributed by atoms with van der Waals surface area (Å²) in [4.78, 5) is 3.89. The number of hydrogen-bond acceptors (Lipinski definition) is 5. The van der Waals surface area contributed by atoms with Crippen LogP contribution in [0.2, 0.25) is 0 Å². The molecule has 1 aromatic rings. The number of aromatic nitrogens is 1. The van der Waals surface area contributed by atoms with Crippen LogP contribution in [-0.4, -0.2) is 46.5 Å². The van der Waals surface area contributed by atoms with Crippen LogP contribution in [0, 0.1) is 0 Å². The van der Waals surface area contributed by atoms with Gasteiger partial charge >= 0.3 is 0 Å². The van der Waals surface area contributed by atoms with E-state index in [1.165, 1.54) is 22.6 Å². The van der Waals surface area contributed by atoms with Crippen LogP contribution in [0.3, 0.4) is 0 Å². The first-order valence-electron chi connectivity index (χ1n) is 5.07. The van der Waals surface area contributed by atoms with Gasteiger partial charge < -0.3 is 5.73 Å². The van der Waals surface area contributed by atoms with Crippen LogP contribution in [0.4, 0.5) is 5.82 Å². The van der Waals surface area contributed by atoms with Crippen LogP contribution in [0.1, 0.15) is 0 Å². The van der Waals surface area contributed by atoms with E-state index >= 15 is 0 Å². The molecule has 0 spiro atoms. The van der Waals surface area contributed by atoms with Gasteiger partial charge in [-0.1, -0.05) is 0 Å². The monoisotopic (exact) mass is 275 g/mol. The quantitative estimate of drug-likeness (QED) is 0.779. The van der Waals surface area contributed by atoms with Crippen molar-refractivity contribution in [3.8, 4) is 0 Å². The summed E-state index contributed by atoms with van der Waals surface area (Å²) in [6.45, 7) is 0.578. The van der Waals surface area contributed by atoms with Crippen molar-refractivity contribution in [3.63, 3.8) is 0 Å². The predicted octanol–water partition coefficient (Wildman–Crippen LogP) is -0.583. The van der Waals surface area contributed by atoms with Crippen molar-refractivity contribution in [2.45, 2.75) is 4.90 Å². The maximum Gasteiger partial charge on any atom is 0.243 e. The third kappa shape index (κ3) is 2.64. The topological polar surface area (TPSA) is 93.4 Å². The second-order valence-corrected chi connectivity index (χ2v) is 7.30. The molecule has 2 N–H and O–H groups in total. The number of nitrogens with two attached hydrogens (primary N) is 1. The standard InChI is InChI=1S/C9H13N3O3S2/c10-9-7-8(1-2-11-9)17(14,15)12-3-5-16(13)6-4-12/h1-2,7H,3-6H2,(H2,10,11). The second-order valence-electron chi connectivity index (χ2n) is 3.67. The van der Waals surface area contributed by atoms with E-state index in [2.05, 4.69) is 4.98 Å². The average molecular weight is 275 g/mol. The molecule has 8 heteroatoms. The lowest BCUT2D eigenvalue weighted by molar-refractivity contribution is 0.438. The van der Waals surface area contributed by atoms with Crippen LogP contribution in [-0.2, 0) is 20.8 Å². The number of nitrogen functional groups attached to an aromatic ring is 1. The third-order valence-electron chi connectivity index (χ3n) is 2.53. The zero-order valence-electron chi connectivity index (χ0n) is 9.07. The minimum absolute atomic E-state index is 0.137. The fourth-order valence-electron chi connectivity index (χ4n) is 1.60. The van der Waals surface area contributed by atoms with Crippen LogP contribution < -0.4 is 5.73 Å². The van der Waals surface area contributed by atoms with Gasteiger partial charge in [-0.3, -0.25) is 4.21 Å². The van der Waals surface area contributed by atoms with Gasteiger partial charge in [0.05, 0.1) is 4.90 Å². The van der Waals surface area contributed by atoms with E-state index in [1.54, 1.807) is 0 Å². The number of hydrogen-bond donors (Lipinski definition) is 1. The molecule has 94 valence electrons. The summed E-state index contributed by atoms with van der Waals surface area (Å²) in [5.41, 5.74) is 5.46. The van der Waals surface area contributed by atoms with Gasteiger partial charge in [0, 0.05) is 47.7 Å². The normalized spacial score (nSPS) is 19.3. The number of nitrogens with zero attached hydrogens (tertiary/aromatic N) is 2. The highest BCUT2D eigenvalue weighted by Gasteiger charge is 2.28. The molecular weight excluding hydrogens is 262 g/mol. The third-order valence-corrected chi connectivity index (χ3v) is 5.70. The molecule has 2 rings (SSSR count). The Labute approximate surface area is 102 Å². The Kier molecular flexibility index (Phi) is 3.45. The van der Waals surface area contributed by atoms with Gasteiger partial charge in [-0.15, -0.1) is 0 Å². The van der Waals surface area contributed by atoms with Gasteiger partial charge in [0.2, 0.25) is 10.0 Å². The molecule has 0 bridgehead atoms. The molecule has 6 nitrogen and oxygen atoms in total. The molecule has 1 saturated heterocycles. The Hall–Kier alpha value is -0.990. The minimum atomic E-state index is -3.53. The van der Waals surface area contributed by atoms with E-state index in [4.69, 9.17) is 5.73 Å². The largest absolute Gasteiger partial charge is 0.384 e. The fraction of sp³-hybridized carbons (Fsp3) is 0.444. The highest BCUT2D eigenvalue weighted by molar-refractivity contribution is 7.89. The summed E-state index contributed by atoms with van der Waals surface area (Å²) >= 11 is 0. The van der Waals surface area contributed by atoms with Crippen LogP contribution in [0.25, 0.3) is 0 Å². The van der Waals surface area contributed by atoms with Gasteiger partial charge in [-0.05, 0) is 6.07 Å². The first-order chi connectivity index (χ1) is 8.00. The first-order valence-corrected chi connectivity index (χ1v) is 7.99. The summed E-state index contributed by atoms with van der Waals surface area (Å²) in [6, 6.07) is 2.75. The van der Waals surface area contributed by atoms with Crippen LogP contribution in [0.15, 0.2) is 23.2 Å². The lowest BCUT2D eigenvalue weighted by Crippen LogP contribution is -2.41. The summed E-state index contributed by atoms with van der Waals surface area (Å²) in [5, 5.41) is 0. The molecule has 1 aliphatic heterocycles. The Morgan fingerprint density at radius 2 is 2.00 bits per heavy atom. The van der Waals surface area contributed by atoms with Crippen molar-refractivity contribution in [1.82, 2.24) is 9.29 Å². The second kappa shape index (κ2) is 4.71. The molecule has 0 aromatic carbocycles. The van der Waals surface area contributed by atoms with Gasteiger partial charge in [0.15, 0.2) is 0 Å². The van der Waals surface area contributed by atoms with E-state index in [0.717, 1.165) is 0 Å². The summed E-state index contributed by atoms with van der Waals surface area (Å²) < 4.78 is 36.9. The average Bonchev–Trinajstić information content (AvgIpc) is 2.29. The molecule has 0 aliphatic carbocycles. The molecule has 17 heavy (non-hydrogen) atoms. The summed E-state index contributed by atoms with van der Waals surface area (Å²) in [6.07, 6.45) is 1.37. The fourth-order valence-corrected chi connectivity index (χ4v) is 4.35. The van der Waals surface area contributed by atoms with Crippen molar-refractivity contribution in [3.05, 3.63) is 18.3 Å². The molecule has 0 amide bonds. The number of anilines is 1. The van der Waals surface area contributed by atoms with E-state index in [0.29, 0.717) is 11.5 Å². The number of pyridine rings is 1.